The fourth-order valence-corrected chi connectivity index (χ4v) is 2.83. The van der Waals surface area contributed by atoms with Crippen LogP contribution >= 0.6 is 69.6 Å². The molecule has 0 bridgehead atoms. The Bertz CT molecular complexity index is 571. The van der Waals surface area contributed by atoms with Crippen LogP contribution in [0.1, 0.15) is 13.8 Å². The maximum Gasteiger partial charge on any atom is 0.280 e. The molecule has 0 saturated carbocycles. The number of likely N-dealkylation sites (N-methyl/N-ethyl adjacent to an activating group) is 2. The largest absolute Gasteiger partial charge is 0.363 e. The molecule has 0 radical (unpaired) electrons. The van der Waals surface area contributed by atoms with Gasteiger partial charge in [0.2, 0.25) is 5.72 Å². The summed E-state index contributed by atoms with van der Waals surface area (Å²) in [4.78, 5) is 27.1. The van der Waals surface area contributed by atoms with Gasteiger partial charge in [0.05, 0.1) is 5.92 Å². The Morgan fingerprint density at radius 3 is 1.88 bits per heavy atom. The van der Waals surface area contributed by atoms with Gasteiger partial charge in [-0.15, -0.1) is 0 Å². The number of alkyl halides is 6. The zero-order valence-electron chi connectivity index (χ0n) is 13.2. The predicted molar refractivity (Wildman–Crippen MR) is 97.5 cm³/mol. The van der Waals surface area contributed by atoms with E-state index in [-0.39, 0.29) is 5.70 Å². The summed E-state index contributed by atoms with van der Waals surface area (Å²) in [5, 5.41) is 10.8. The second-order valence-electron chi connectivity index (χ2n) is 5.60. The lowest BCUT2D eigenvalue weighted by atomic mass is 9.92. The molecular formula is C13H16Cl6N2O3. The number of rotatable bonds is 2. The minimum Gasteiger partial charge on any atom is -0.363 e. The van der Waals surface area contributed by atoms with E-state index in [4.69, 9.17) is 69.6 Å². The summed E-state index contributed by atoms with van der Waals surface area (Å²) in [7, 11) is 2.54. The van der Waals surface area contributed by atoms with Crippen molar-refractivity contribution in [1.82, 2.24) is 9.80 Å². The van der Waals surface area contributed by atoms with Crippen LogP contribution in [0.2, 0.25) is 0 Å². The SMILES string of the molecule is C[C@H](/C=C1/C(=O)N(C)[C@](O)([C@@H](C)C(Cl)(Cl)Cl)C(=O)N1C)C(Cl)(Cl)Cl. The minimum atomic E-state index is -2.34. The number of carbonyl (C=O) groups is 2. The first kappa shape index (κ1) is 22.4. The molecule has 11 heteroatoms. The van der Waals surface area contributed by atoms with Crippen LogP contribution in [0, 0.1) is 11.8 Å². The quantitative estimate of drug-likeness (QED) is 0.506. The number of hydrogen-bond donors (Lipinski definition) is 1. The highest BCUT2D eigenvalue weighted by Crippen LogP contribution is 2.45. The van der Waals surface area contributed by atoms with Crippen molar-refractivity contribution in [2.75, 3.05) is 14.1 Å². The molecule has 5 nitrogen and oxygen atoms in total. The topological polar surface area (TPSA) is 60.9 Å². The van der Waals surface area contributed by atoms with Crippen LogP contribution in [-0.4, -0.2) is 54.1 Å². The summed E-state index contributed by atoms with van der Waals surface area (Å²) in [5.74, 6) is -3.40. The zero-order chi connectivity index (χ0) is 19.2. The first-order valence-corrected chi connectivity index (χ1v) is 8.97. The first-order chi connectivity index (χ1) is 10.6. The predicted octanol–water partition coefficient (Wildman–Crippen LogP) is 3.50. The van der Waals surface area contributed by atoms with E-state index in [1.54, 1.807) is 6.92 Å². The maximum absolute atomic E-state index is 12.7. The van der Waals surface area contributed by atoms with Crippen LogP contribution in [0.3, 0.4) is 0 Å². The molecule has 138 valence electrons. The third-order valence-electron chi connectivity index (χ3n) is 4.03. The second kappa shape index (κ2) is 7.18. The van der Waals surface area contributed by atoms with E-state index in [1.165, 1.54) is 27.1 Å². The highest BCUT2D eigenvalue weighted by molar-refractivity contribution is 6.68. The van der Waals surface area contributed by atoms with Crippen molar-refractivity contribution in [2.24, 2.45) is 11.8 Å². The molecule has 1 heterocycles. The van der Waals surface area contributed by atoms with Gasteiger partial charge in [0.1, 0.15) is 5.70 Å². The van der Waals surface area contributed by atoms with Crippen molar-refractivity contribution < 1.29 is 14.7 Å². The molecule has 0 aromatic carbocycles. The fourth-order valence-electron chi connectivity index (χ4n) is 2.19. The average molecular weight is 461 g/mol. The standard InChI is InChI=1S/C13H16Cl6N2O3/c1-6(12(14,15)16)5-8-9(22)21(4)11(24,10(23)20(8)3)7(2)13(17,18)19/h5-7,24H,1-4H3/b8-5-/t6-,7-,11+/m1/s1. The van der Waals surface area contributed by atoms with Crippen LogP contribution < -0.4 is 0 Å². The number of carbonyl (C=O) groups excluding carboxylic acids is 2. The molecule has 3 atom stereocenters. The van der Waals surface area contributed by atoms with E-state index in [2.05, 4.69) is 0 Å². The van der Waals surface area contributed by atoms with Gasteiger partial charge in [-0.3, -0.25) is 9.59 Å². The Balaban J connectivity index is 3.37. The third-order valence-corrected chi connectivity index (χ3v) is 6.05. The van der Waals surface area contributed by atoms with E-state index in [9.17, 15) is 14.7 Å². The van der Waals surface area contributed by atoms with Gasteiger partial charge < -0.3 is 14.9 Å². The summed E-state index contributed by atoms with van der Waals surface area (Å²) >= 11 is 34.8. The molecular weight excluding hydrogens is 445 g/mol. The van der Waals surface area contributed by atoms with Crippen LogP contribution in [0.15, 0.2) is 11.8 Å². The lowest BCUT2D eigenvalue weighted by Gasteiger charge is -2.48. The summed E-state index contributed by atoms with van der Waals surface area (Å²) in [6.45, 7) is 2.91. The van der Waals surface area contributed by atoms with Crippen LogP contribution in [-0.2, 0) is 9.59 Å². The van der Waals surface area contributed by atoms with E-state index in [1.807, 2.05) is 0 Å². The number of piperazine rings is 1. The van der Waals surface area contributed by atoms with E-state index >= 15 is 0 Å². The van der Waals surface area contributed by atoms with Crippen LogP contribution in [0.25, 0.3) is 0 Å². The molecule has 0 aromatic rings. The molecule has 1 saturated heterocycles. The number of hydrogen-bond acceptors (Lipinski definition) is 3. The molecule has 1 aliphatic heterocycles. The molecule has 2 amide bonds. The van der Waals surface area contributed by atoms with Gasteiger partial charge in [0, 0.05) is 20.0 Å². The molecule has 0 unspecified atom stereocenters. The van der Waals surface area contributed by atoms with Gasteiger partial charge in [-0.1, -0.05) is 83.5 Å². The monoisotopic (exact) mass is 458 g/mol. The summed E-state index contributed by atoms with van der Waals surface area (Å²) in [5.41, 5.74) is -2.39. The van der Waals surface area contributed by atoms with Crippen molar-refractivity contribution >= 4 is 81.4 Å². The summed E-state index contributed by atoms with van der Waals surface area (Å²) < 4.78 is -3.65. The highest BCUT2D eigenvalue weighted by atomic mass is 35.6. The van der Waals surface area contributed by atoms with Gasteiger partial charge in [0.15, 0.2) is 7.59 Å². The van der Waals surface area contributed by atoms with Gasteiger partial charge in [-0.2, -0.15) is 0 Å². The Hall–Kier alpha value is 0.380. The van der Waals surface area contributed by atoms with Crippen molar-refractivity contribution in [3.8, 4) is 0 Å². The number of aliphatic hydroxyl groups is 1. The zero-order valence-corrected chi connectivity index (χ0v) is 17.7. The van der Waals surface area contributed by atoms with E-state index < -0.39 is 37.0 Å². The Morgan fingerprint density at radius 2 is 1.50 bits per heavy atom. The summed E-state index contributed by atoms with van der Waals surface area (Å²) in [6, 6.07) is 0. The number of halogens is 6. The number of nitrogens with zero attached hydrogens (tertiary/aromatic N) is 2. The van der Waals surface area contributed by atoms with Gasteiger partial charge in [-0.05, 0) is 6.08 Å². The minimum absolute atomic E-state index is 0.0532. The van der Waals surface area contributed by atoms with Crippen molar-refractivity contribution in [2.45, 2.75) is 27.2 Å². The Morgan fingerprint density at radius 1 is 1.04 bits per heavy atom. The molecule has 1 fully saturated rings. The molecule has 0 aromatic heterocycles. The second-order valence-corrected chi connectivity index (χ2v) is 10.3. The molecule has 1 rings (SSSR count). The molecule has 0 spiro atoms. The van der Waals surface area contributed by atoms with E-state index in [0.717, 1.165) is 9.80 Å². The highest BCUT2D eigenvalue weighted by Gasteiger charge is 2.59. The van der Waals surface area contributed by atoms with Crippen LogP contribution in [0.5, 0.6) is 0 Å². The fraction of sp³-hybridized carbons (Fsp3) is 0.692. The lowest BCUT2D eigenvalue weighted by Crippen LogP contribution is -2.69. The van der Waals surface area contributed by atoms with E-state index in [0.29, 0.717) is 0 Å². The van der Waals surface area contributed by atoms with Gasteiger partial charge in [0.25, 0.3) is 11.8 Å². The maximum atomic E-state index is 12.7. The third kappa shape index (κ3) is 4.03. The van der Waals surface area contributed by atoms with Crippen molar-refractivity contribution in [3.05, 3.63) is 11.8 Å². The number of allylic oxidation sites excluding steroid dienone is 1. The smallest absolute Gasteiger partial charge is 0.280 e. The van der Waals surface area contributed by atoms with Gasteiger partial charge >= 0.3 is 0 Å². The molecule has 24 heavy (non-hydrogen) atoms. The average Bonchev–Trinajstić information content (AvgIpc) is 2.44. The van der Waals surface area contributed by atoms with Crippen molar-refractivity contribution in [3.63, 3.8) is 0 Å². The van der Waals surface area contributed by atoms with Crippen molar-refractivity contribution in [1.29, 1.82) is 0 Å². The molecule has 0 aliphatic carbocycles. The van der Waals surface area contributed by atoms with Crippen LogP contribution in [0.4, 0.5) is 0 Å². The lowest BCUT2D eigenvalue weighted by molar-refractivity contribution is -0.194. The van der Waals surface area contributed by atoms with Gasteiger partial charge in [-0.25, -0.2) is 0 Å². The molecule has 1 aliphatic rings. The Kier molecular flexibility index (Phi) is 6.71. The Labute approximate surface area is 170 Å². The number of amides is 2. The normalized spacial score (nSPS) is 27.7. The summed E-state index contributed by atoms with van der Waals surface area (Å²) in [6.07, 6.45) is 1.34. The first-order valence-electron chi connectivity index (χ1n) is 6.70. The molecule has 1 N–H and O–H groups in total.